The molecule has 0 aliphatic heterocycles. The Kier molecular flexibility index (Phi) is 4.53. The summed E-state index contributed by atoms with van der Waals surface area (Å²) in [5.41, 5.74) is 1.14. The molecular formula is C16H14ClN5O3. The van der Waals surface area contributed by atoms with Crippen LogP contribution in [0.4, 0.5) is 5.69 Å². The molecule has 0 fully saturated rings. The normalized spacial score (nSPS) is 10.6. The van der Waals surface area contributed by atoms with Crippen LogP contribution in [-0.4, -0.2) is 36.5 Å². The molecule has 0 saturated heterocycles. The number of rotatable bonds is 5. The molecule has 9 heteroatoms. The fraction of sp³-hybridized carbons (Fsp3) is 0.125. The molecule has 0 aliphatic rings. The van der Waals surface area contributed by atoms with Crippen LogP contribution in [0.3, 0.4) is 0 Å². The lowest BCUT2D eigenvalue weighted by Crippen LogP contribution is -2.16. The van der Waals surface area contributed by atoms with E-state index in [9.17, 15) is 9.59 Å². The van der Waals surface area contributed by atoms with Crippen LogP contribution in [0.15, 0.2) is 42.9 Å². The van der Waals surface area contributed by atoms with E-state index in [-0.39, 0.29) is 11.3 Å². The van der Waals surface area contributed by atoms with Gasteiger partial charge in [0.25, 0.3) is 5.91 Å². The third kappa shape index (κ3) is 3.86. The van der Waals surface area contributed by atoms with Crippen molar-refractivity contribution in [2.75, 3.05) is 5.32 Å². The van der Waals surface area contributed by atoms with Crippen molar-refractivity contribution in [3.05, 3.63) is 64.7 Å². The molecule has 25 heavy (non-hydrogen) atoms. The number of nitrogens with one attached hydrogen (secondary N) is 1. The SMILES string of the molecule is Cn1cc(C(=O)O)c(C(=O)Nc2cccc(Cn3cc(Cl)cn3)c2)n1. The summed E-state index contributed by atoms with van der Waals surface area (Å²) in [6.07, 6.45) is 4.52. The van der Waals surface area contributed by atoms with Crippen molar-refractivity contribution in [2.45, 2.75) is 6.54 Å². The maximum Gasteiger partial charge on any atom is 0.339 e. The first kappa shape index (κ1) is 16.7. The van der Waals surface area contributed by atoms with Crippen molar-refractivity contribution in [3.8, 4) is 0 Å². The van der Waals surface area contributed by atoms with Crippen LogP contribution < -0.4 is 5.32 Å². The number of halogens is 1. The van der Waals surface area contributed by atoms with Gasteiger partial charge in [-0.05, 0) is 17.7 Å². The zero-order chi connectivity index (χ0) is 18.0. The molecule has 0 bridgehead atoms. The minimum Gasteiger partial charge on any atom is -0.478 e. The molecule has 3 rings (SSSR count). The molecule has 0 spiro atoms. The third-order valence-electron chi connectivity index (χ3n) is 3.41. The zero-order valence-corrected chi connectivity index (χ0v) is 13.9. The number of hydrogen-bond donors (Lipinski definition) is 2. The Bertz CT molecular complexity index is 947. The van der Waals surface area contributed by atoms with Crippen LogP contribution in [0.25, 0.3) is 0 Å². The van der Waals surface area contributed by atoms with E-state index in [1.807, 2.05) is 6.07 Å². The third-order valence-corrected chi connectivity index (χ3v) is 3.60. The van der Waals surface area contributed by atoms with E-state index in [4.69, 9.17) is 16.7 Å². The molecule has 1 aromatic carbocycles. The van der Waals surface area contributed by atoms with Gasteiger partial charge in [0.05, 0.1) is 17.8 Å². The van der Waals surface area contributed by atoms with Crippen molar-refractivity contribution in [2.24, 2.45) is 7.05 Å². The quantitative estimate of drug-likeness (QED) is 0.727. The van der Waals surface area contributed by atoms with Crippen molar-refractivity contribution < 1.29 is 14.7 Å². The number of carbonyl (C=O) groups is 2. The van der Waals surface area contributed by atoms with Gasteiger partial charge in [-0.1, -0.05) is 23.7 Å². The Morgan fingerprint density at radius 3 is 2.80 bits per heavy atom. The highest BCUT2D eigenvalue weighted by Crippen LogP contribution is 2.15. The van der Waals surface area contributed by atoms with Crippen molar-refractivity contribution >= 4 is 29.2 Å². The molecule has 3 aromatic rings. The molecule has 0 atom stereocenters. The van der Waals surface area contributed by atoms with Gasteiger partial charge in [0, 0.05) is 25.1 Å². The molecule has 1 amide bonds. The van der Waals surface area contributed by atoms with Crippen LogP contribution in [0.2, 0.25) is 5.02 Å². The minimum atomic E-state index is -1.21. The summed E-state index contributed by atoms with van der Waals surface area (Å²) >= 11 is 5.84. The molecule has 2 aromatic heterocycles. The fourth-order valence-corrected chi connectivity index (χ4v) is 2.52. The smallest absolute Gasteiger partial charge is 0.339 e. The minimum absolute atomic E-state index is 0.140. The van der Waals surface area contributed by atoms with Crippen LogP contribution >= 0.6 is 11.6 Å². The zero-order valence-electron chi connectivity index (χ0n) is 13.2. The average molecular weight is 360 g/mol. The molecule has 2 heterocycles. The number of nitrogens with zero attached hydrogens (tertiary/aromatic N) is 4. The van der Waals surface area contributed by atoms with Gasteiger partial charge in [-0.25, -0.2) is 4.79 Å². The Balaban J connectivity index is 1.78. The van der Waals surface area contributed by atoms with Crippen molar-refractivity contribution in [1.29, 1.82) is 0 Å². The number of anilines is 1. The number of benzene rings is 1. The lowest BCUT2D eigenvalue weighted by atomic mass is 10.2. The molecule has 128 valence electrons. The standard InChI is InChI=1S/C16H14ClN5O3/c1-21-9-13(16(24)25)14(20-21)15(23)19-12-4-2-3-10(5-12)7-22-8-11(17)6-18-22/h2-6,8-9H,7H2,1H3,(H,19,23)(H,24,25). The van der Waals surface area contributed by atoms with Crippen LogP contribution in [0.1, 0.15) is 26.4 Å². The molecule has 2 N–H and O–H groups in total. The van der Waals surface area contributed by atoms with E-state index in [1.54, 1.807) is 42.3 Å². The second-order valence-electron chi connectivity index (χ2n) is 5.38. The maximum atomic E-state index is 12.3. The first-order chi connectivity index (χ1) is 11.9. The first-order valence-electron chi connectivity index (χ1n) is 7.27. The number of hydrogen-bond acceptors (Lipinski definition) is 4. The fourth-order valence-electron chi connectivity index (χ4n) is 2.36. The lowest BCUT2D eigenvalue weighted by molar-refractivity contribution is 0.0692. The molecule has 0 aliphatic carbocycles. The van der Waals surface area contributed by atoms with E-state index in [0.717, 1.165) is 5.56 Å². The Labute approximate surface area is 147 Å². The van der Waals surface area contributed by atoms with Gasteiger partial charge in [0.15, 0.2) is 5.69 Å². The lowest BCUT2D eigenvalue weighted by Gasteiger charge is -2.07. The summed E-state index contributed by atoms with van der Waals surface area (Å²) in [6.45, 7) is 0.487. The average Bonchev–Trinajstić information content (AvgIpc) is 3.13. The highest BCUT2D eigenvalue weighted by molar-refractivity contribution is 6.30. The number of aromatic carboxylic acids is 1. The van der Waals surface area contributed by atoms with Crippen LogP contribution in [0.5, 0.6) is 0 Å². The summed E-state index contributed by atoms with van der Waals surface area (Å²) in [5, 5.41) is 20.4. The summed E-state index contributed by atoms with van der Waals surface area (Å²) in [4.78, 5) is 23.5. The largest absolute Gasteiger partial charge is 0.478 e. The second kappa shape index (κ2) is 6.78. The van der Waals surface area contributed by atoms with Gasteiger partial charge in [-0.2, -0.15) is 10.2 Å². The van der Waals surface area contributed by atoms with E-state index < -0.39 is 11.9 Å². The van der Waals surface area contributed by atoms with E-state index in [2.05, 4.69) is 15.5 Å². The number of carboxylic acids is 1. The monoisotopic (exact) mass is 359 g/mol. The Morgan fingerprint density at radius 2 is 2.12 bits per heavy atom. The van der Waals surface area contributed by atoms with Gasteiger partial charge in [0.1, 0.15) is 5.56 Å². The Morgan fingerprint density at radius 1 is 1.32 bits per heavy atom. The van der Waals surface area contributed by atoms with Crippen molar-refractivity contribution in [3.63, 3.8) is 0 Å². The highest BCUT2D eigenvalue weighted by Gasteiger charge is 2.21. The number of carbonyl (C=O) groups excluding carboxylic acids is 1. The number of aromatic nitrogens is 4. The van der Waals surface area contributed by atoms with Gasteiger partial charge in [0.2, 0.25) is 0 Å². The van der Waals surface area contributed by atoms with Crippen LogP contribution in [-0.2, 0) is 13.6 Å². The second-order valence-corrected chi connectivity index (χ2v) is 5.82. The van der Waals surface area contributed by atoms with Gasteiger partial charge < -0.3 is 10.4 Å². The van der Waals surface area contributed by atoms with Gasteiger partial charge in [-0.15, -0.1) is 0 Å². The van der Waals surface area contributed by atoms with Crippen LogP contribution in [0, 0.1) is 0 Å². The number of carboxylic acid groups (broad SMARTS) is 1. The highest BCUT2D eigenvalue weighted by atomic mass is 35.5. The molecule has 0 saturated carbocycles. The topological polar surface area (TPSA) is 102 Å². The molecule has 0 radical (unpaired) electrons. The summed E-state index contributed by atoms with van der Waals surface area (Å²) < 4.78 is 2.96. The van der Waals surface area contributed by atoms with Crippen molar-refractivity contribution in [1.82, 2.24) is 19.6 Å². The number of amides is 1. The van der Waals surface area contributed by atoms with Gasteiger partial charge in [-0.3, -0.25) is 14.2 Å². The predicted octanol–water partition coefficient (Wildman–Crippen LogP) is 2.27. The predicted molar refractivity (Wildman–Crippen MR) is 90.9 cm³/mol. The molecule has 8 nitrogen and oxygen atoms in total. The van der Waals surface area contributed by atoms with Gasteiger partial charge >= 0.3 is 5.97 Å². The van der Waals surface area contributed by atoms with E-state index >= 15 is 0 Å². The van der Waals surface area contributed by atoms with E-state index in [1.165, 1.54) is 10.9 Å². The summed E-state index contributed by atoms with van der Waals surface area (Å²) in [7, 11) is 1.55. The Hall–Kier alpha value is -3.13. The van der Waals surface area contributed by atoms with E-state index in [0.29, 0.717) is 17.3 Å². The first-order valence-corrected chi connectivity index (χ1v) is 7.65. The molecular weight excluding hydrogens is 346 g/mol. The summed E-state index contributed by atoms with van der Waals surface area (Å²) in [5.74, 6) is -1.79. The maximum absolute atomic E-state index is 12.3. The molecule has 0 unspecified atom stereocenters. The summed E-state index contributed by atoms with van der Waals surface area (Å²) in [6, 6.07) is 7.15. The number of aryl methyl sites for hydroxylation is 1.